The van der Waals surface area contributed by atoms with E-state index in [2.05, 4.69) is 35.8 Å². The molecule has 0 saturated heterocycles. The summed E-state index contributed by atoms with van der Waals surface area (Å²) in [7, 11) is -4.74. The molecule has 0 aliphatic rings. The molecule has 17 heteroatoms. The van der Waals surface area contributed by atoms with Crippen LogP contribution in [0, 0.1) is 6.92 Å². The third kappa shape index (κ3) is 6.90. The largest absolute Gasteiger partial charge is 0.505 e. The van der Waals surface area contributed by atoms with E-state index in [0.717, 1.165) is 35.9 Å². The van der Waals surface area contributed by atoms with E-state index in [1.807, 2.05) is 13.0 Å². The fourth-order valence-corrected chi connectivity index (χ4v) is 4.75. The van der Waals surface area contributed by atoms with Crippen LogP contribution in [0.4, 0.5) is 34.6 Å². The van der Waals surface area contributed by atoms with Crippen molar-refractivity contribution in [1.29, 1.82) is 0 Å². The molecule has 0 spiro atoms. The zero-order chi connectivity index (χ0) is 32.5. The van der Waals surface area contributed by atoms with E-state index in [1.54, 1.807) is 18.2 Å². The van der Waals surface area contributed by atoms with Crippen molar-refractivity contribution in [3.8, 4) is 11.8 Å². The maximum absolute atomic E-state index is 12.0. The molecular weight excluding hydrogens is 610 g/mol. The highest BCUT2D eigenvalue weighted by atomic mass is 32.2. The number of hydrogen-bond acceptors (Lipinski definition) is 13. The van der Waals surface area contributed by atoms with Gasteiger partial charge in [0.2, 0.25) is 11.9 Å². The second-order valence-corrected chi connectivity index (χ2v) is 10.9. The normalized spacial score (nSPS) is 11.5. The molecule has 228 valence electrons. The van der Waals surface area contributed by atoms with Crippen LogP contribution in [-0.4, -0.2) is 60.3 Å². The average molecular weight is 632 g/mol. The molecule has 0 aliphatic heterocycles. The number of azo groups is 1. The van der Waals surface area contributed by atoms with Crippen LogP contribution in [0.3, 0.4) is 0 Å². The number of aromatic carboxylic acids is 2. The second kappa shape index (κ2) is 11.8. The smallest absolute Gasteiger partial charge is 0.335 e. The lowest BCUT2D eigenvalue weighted by Gasteiger charge is -2.14. The lowest BCUT2D eigenvalue weighted by atomic mass is 10.1. The number of aromatic hydroxyl groups is 2. The van der Waals surface area contributed by atoms with Crippen LogP contribution in [0.5, 0.6) is 11.8 Å². The number of benzene rings is 4. The van der Waals surface area contributed by atoms with Gasteiger partial charge in [0.15, 0.2) is 5.75 Å². The zero-order valence-corrected chi connectivity index (χ0v) is 23.7. The quantitative estimate of drug-likeness (QED) is 0.0805. The number of nitrogens with one attached hydrogen (secondary N) is 2. The molecule has 4 aromatic carbocycles. The van der Waals surface area contributed by atoms with Gasteiger partial charge in [0.25, 0.3) is 10.1 Å². The van der Waals surface area contributed by atoms with E-state index in [1.165, 1.54) is 12.1 Å². The van der Waals surface area contributed by atoms with Crippen molar-refractivity contribution in [2.24, 2.45) is 10.2 Å². The molecule has 1 heterocycles. The number of rotatable bonds is 9. The Morgan fingerprint density at radius 2 is 1.47 bits per heavy atom. The minimum Gasteiger partial charge on any atom is -0.505 e. The molecule has 0 saturated carbocycles. The molecule has 0 fully saturated rings. The van der Waals surface area contributed by atoms with Crippen molar-refractivity contribution >= 4 is 67.5 Å². The first-order valence-electron chi connectivity index (χ1n) is 12.6. The molecule has 45 heavy (non-hydrogen) atoms. The summed E-state index contributed by atoms with van der Waals surface area (Å²) in [5, 5.41) is 53.7. The van der Waals surface area contributed by atoms with Gasteiger partial charge in [0.1, 0.15) is 5.69 Å². The van der Waals surface area contributed by atoms with E-state index >= 15 is 0 Å². The van der Waals surface area contributed by atoms with Gasteiger partial charge in [0.05, 0.1) is 27.4 Å². The van der Waals surface area contributed by atoms with Crippen LogP contribution in [0.1, 0.15) is 26.3 Å². The molecule has 0 bridgehead atoms. The molecule has 5 rings (SSSR count). The molecule has 0 amide bonds. The molecule has 0 atom stereocenters. The fourth-order valence-electron chi connectivity index (χ4n) is 4.21. The van der Waals surface area contributed by atoms with Gasteiger partial charge in [-0.2, -0.15) is 28.5 Å². The Kier molecular flexibility index (Phi) is 7.95. The van der Waals surface area contributed by atoms with E-state index < -0.39 is 44.7 Å². The van der Waals surface area contributed by atoms with E-state index in [4.69, 9.17) is 0 Å². The van der Waals surface area contributed by atoms with Crippen LogP contribution in [0.2, 0.25) is 0 Å². The summed E-state index contributed by atoms with van der Waals surface area (Å²) in [5.41, 5.74) is 0.568. The molecule has 1 aromatic heterocycles. The monoisotopic (exact) mass is 631 g/mol. The molecule has 0 aliphatic carbocycles. The first-order chi connectivity index (χ1) is 21.3. The first-order valence-corrected chi connectivity index (χ1v) is 14.1. The Morgan fingerprint density at radius 1 is 0.800 bits per heavy atom. The van der Waals surface area contributed by atoms with E-state index in [9.17, 15) is 43.0 Å². The Hall–Kier alpha value is -6.20. The van der Waals surface area contributed by atoms with Crippen LogP contribution in [0.15, 0.2) is 81.9 Å². The van der Waals surface area contributed by atoms with Gasteiger partial charge >= 0.3 is 17.9 Å². The number of aryl methyl sites for hydroxylation is 1. The maximum Gasteiger partial charge on any atom is 0.335 e. The molecule has 7 N–H and O–H groups in total. The van der Waals surface area contributed by atoms with Gasteiger partial charge in [0, 0.05) is 11.1 Å². The number of phenols is 1. The van der Waals surface area contributed by atoms with E-state index in [0.29, 0.717) is 5.69 Å². The first kappa shape index (κ1) is 30.3. The second-order valence-electron chi connectivity index (χ2n) is 9.46. The van der Waals surface area contributed by atoms with Crippen LogP contribution >= 0.6 is 0 Å². The summed E-state index contributed by atoms with van der Waals surface area (Å²) in [6.07, 6.45) is 0. The number of carbonyl (C=O) groups is 2. The van der Waals surface area contributed by atoms with Gasteiger partial charge in [-0.3, -0.25) is 4.55 Å². The van der Waals surface area contributed by atoms with Crippen LogP contribution in [-0.2, 0) is 10.1 Å². The number of carboxylic acid groups (broad SMARTS) is 2. The summed E-state index contributed by atoms with van der Waals surface area (Å²) in [6, 6.07) is 14.4. The number of hydrogen-bond donors (Lipinski definition) is 7. The van der Waals surface area contributed by atoms with Gasteiger partial charge in [-0.25, -0.2) is 9.59 Å². The summed E-state index contributed by atoms with van der Waals surface area (Å²) in [4.78, 5) is 33.9. The summed E-state index contributed by atoms with van der Waals surface area (Å²) < 4.78 is 33.8. The maximum atomic E-state index is 12.0. The Morgan fingerprint density at radius 3 is 2.09 bits per heavy atom. The van der Waals surface area contributed by atoms with Crippen molar-refractivity contribution in [3.05, 3.63) is 83.4 Å². The number of aromatic nitrogens is 3. The lowest BCUT2D eigenvalue weighted by Crippen LogP contribution is -2.07. The molecule has 16 nitrogen and oxygen atoms in total. The zero-order valence-electron chi connectivity index (χ0n) is 22.9. The third-order valence-corrected chi connectivity index (χ3v) is 7.00. The summed E-state index contributed by atoms with van der Waals surface area (Å²) in [6.45, 7) is 1.87. The summed E-state index contributed by atoms with van der Waals surface area (Å²) in [5.74, 6) is -3.97. The number of carboxylic acids is 2. The van der Waals surface area contributed by atoms with E-state index in [-0.39, 0.29) is 44.9 Å². The predicted octanol–water partition coefficient (Wildman–Crippen LogP) is 5.29. The van der Waals surface area contributed by atoms with Crippen molar-refractivity contribution in [3.63, 3.8) is 0 Å². The molecular formula is C28H21N7O9S. The van der Waals surface area contributed by atoms with Crippen molar-refractivity contribution in [2.45, 2.75) is 11.8 Å². The third-order valence-electron chi connectivity index (χ3n) is 6.17. The van der Waals surface area contributed by atoms with Crippen molar-refractivity contribution in [2.75, 3.05) is 10.6 Å². The fraction of sp³-hybridized carbons (Fsp3) is 0.0357. The van der Waals surface area contributed by atoms with Gasteiger partial charge < -0.3 is 31.1 Å². The van der Waals surface area contributed by atoms with Crippen molar-refractivity contribution in [1.82, 2.24) is 15.0 Å². The van der Waals surface area contributed by atoms with Crippen LogP contribution < -0.4 is 10.6 Å². The molecule has 0 unspecified atom stereocenters. The van der Waals surface area contributed by atoms with Gasteiger partial charge in [-0.1, -0.05) is 18.2 Å². The van der Waals surface area contributed by atoms with Gasteiger partial charge in [-0.05, 0) is 66.4 Å². The highest BCUT2D eigenvalue weighted by Gasteiger charge is 2.19. The average Bonchev–Trinajstić information content (AvgIpc) is 2.95. The Balaban J connectivity index is 1.58. The SMILES string of the molecule is Cc1cccc(/N=N/c2ccc3cc(S(=O)(=O)O)cc(Nc4nc(O)nc(Nc5cc(C(=O)O)cc(C(=O)O)c5)n4)c3c2O)c1. The van der Waals surface area contributed by atoms with Gasteiger partial charge in [-0.15, -0.1) is 5.11 Å². The van der Waals surface area contributed by atoms with Crippen molar-refractivity contribution < 1.29 is 43.0 Å². The minimum absolute atomic E-state index is 0.0139. The molecule has 0 radical (unpaired) electrons. The minimum atomic E-state index is -4.74. The number of anilines is 4. The predicted molar refractivity (Wildman–Crippen MR) is 159 cm³/mol. The number of fused-ring (bicyclic) bond motifs is 1. The highest BCUT2D eigenvalue weighted by Crippen LogP contribution is 2.42. The Bertz CT molecular complexity index is 2120. The number of phenolic OH excluding ortho intramolecular Hbond substituents is 1. The number of nitrogens with zero attached hydrogens (tertiary/aromatic N) is 5. The molecule has 5 aromatic rings. The summed E-state index contributed by atoms with van der Waals surface area (Å²) >= 11 is 0. The van der Waals surface area contributed by atoms with Crippen LogP contribution in [0.25, 0.3) is 10.8 Å². The topological polar surface area (TPSA) is 257 Å². The Labute approximate surface area is 253 Å². The lowest BCUT2D eigenvalue weighted by molar-refractivity contribution is 0.0696. The highest BCUT2D eigenvalue weighted by molar-refractivity contribution is 7.85. The standard InChI is InChI=1S/C28H21N7O9S/c1-13-3-2-4-17(7-13)34-35-20-6-5-14-11-19(45(42,43)44)12-21(22(14)23(20)36)30-27-31-26(32-28(41)33-27)29-18-9-15(24(37)38)8-16(10-18)25(39)40/h2-12,36H,1H3,(H,37,38)(H,39,40)(H,42,43,44)(H3,29,30,31,32,33,41)/b35-34+.